The second-order valence-electron chi connectivity index (χ2n) is 3.37. The van der Waals surface area contributed by atoms with Crippen molar-refractivity contribution in [1.82, 2.24) is 0 Å². The van der Waals surface area contributed by atoms with Gasteiger partial charge in [-0.3, -0.25) is 10.2 Å². The van der Waals surface area contributed by atoms with Crippen LogP contribution in [-0.2, 0) is 4.84 Å². The van der Waals surface area contributed by atoms with Crippen LogP contribution in [0.5, 0.6) is 11.5 Å². The Morgan fingerprint density at radius 2 is 1.72 bits per heavy atom. The van der Waals surface area contributed by atoms with E-state index in [0.717, 1.165) is 12.0 Å². The van der Waals surface area contributed by atoms with E-state index in [1.54, 1.807) is 6.07 Å². The molecule has 1 N–H and O–H groups in total. The average Bonchev–Trinajstić information content (AvgIpc) is 2.38. The van der Waals surface area contributed by atoms with Gasteiger partial charge < -0.3 is 9.47 Å². The largest absolute Gasteiger partial charge is 0.490 e. The van der Waals surface area contributed by atoms with Crippen molar-refractivity contribution in [1.29, 1.82) is 5.41 Å². The minimum Gasteiger partial charge on any atom is -0.490 e. The fraction of sp³-hybridized carbons (Fsp3) is 0.462. The fourth-order valence-electron chi connectivity index (χ4n) is 1.50. The van der Waals surface area contributed by atoms with Gasteiger partial charge in [-0.25, -0.2) is 5.06 Å². The Morgan fingerprint density at radius 1 is 1.06 bits per heavy atom. The lowest BCUT2D eigenvalue weighted by Gasteiger charge is -2.19. The number of rotatable bonds is 8. The summed E-state index contributed by atoms with van der Waals surface area (Å²) in [7, 11) is 0. The zero-order valence-electron chi connectivity index (χ0n) is 11.1. The highest BCUT2D eigenvalue weighted by Crippen LogP contribution is 2.32. The highest BCUT2D eigenvalue weighted by molar-refractivity contribution is 5.75. The Kier molecular flexibility index (Phi) is 6.00. The monoisotopic (exact) mass is 252 g/mol. The molecule has 1 rings (SSSR count). The summed E-state index contributed by atoms with van der Waals surface area (Å²) in [6.07, 6.45) is 1.12. The molecule has 0 fully saturated rings. The molecule has 0 saturated heterocycles. The van der Waals surface area contributed by atoms with Gasteiger partial charge in [0, 0.05) is 6.07 Å². The maximum Gasteiger partial charge on any atom is 0.163 e. The van der Waals surface area contributed by atoms with E-state index in [1.807, 2.05) is 32.9 Å². The molecule has 0 aromatic heterocycles. The minimum atomic E-state index is 0.493. The van der Waals surface area contributed by atoms with Crippen LogP contribution < -0.4 is 14.5 Å². The van der Waals surface area contributed by atoms with Crippen molar-refractivity contribution >= 4 is 12.0 Å². The topological polar surface area (TPSA) is 54.8 Å². The van der Waals surface area contributed by atoms with Gasteiger partial charge in [-0.15, -0.1) is 0 Å². The van der Waals surface area contributed by atoms with Gasteiger partial charge in [0.05, 0.1) is 25.5 Å². The van der Waals surface area contributed by atoms with E-state index in [4.69, 9.17) is 19.7 Å². The number of hydrogen-bond donors (Lipinski definition) is 1. The molecule has 0 atom stereocenters. The molecule has 0 spiro atoms. The number of anilines is 1. The number of benzene rings is 1. The molecule has 0 amide bonds. The van der Waals surface area contributed by atoms with Crippen LogP contribution in [0.15, 0.2) is 18.2 Å². The smallest absolute Gasteiger partial charge is 0.163 e. The quantitative estimate of drug-likeness (QED) is 0.439. The SMILES string of the molecule is CCOc1ccc(N(C=N)OCC)cc1OCC. The maximum absolute atomic E-state index is 7.31. The van der Waals surface area contributed by atoms with Crippen LogP contribution in [-0.4, -0.2) is 26.2 Å². The summed E-state index contributed by atoms with van der Waals surface area (Å²) < 4.78 is 11.0. The van der Waals surface area contributed by atoms with E-state index in [1.165, 1.54) is 5.06 Å². The molecule has 5 heteroatoms. The molecule has 100 valence electrons. The highest BCUT2D eigenvalue weighted by Gasteiger charge is 2.10. The van der Waals surface area contributed by atoms with Crippen LogP contribution in [0.2, 0.25) is 0 Å². The van der Waals surface area contributed by atoms with E-state index in [0.29, 0.717) is 31.3 Å². The number of hydrogen-bond acceptors (Lipinski definition) is 4. The lowest BCUT2D eigenvalue weighted by molar-refractivity contribution is 0.159. The first-order chi connectivity index (χ1) is 8.76. The highest BCUT2D eigenvalue weighted by atomic mass is 16.7. The number of nitrogens with one attached hydrogen (secondary N) is 1. The summed E-state index contributed by atoms with van der Waals surface area (Å²) in [4.78, 5) is 5.30. The van der Waals surface area contributed by atoms with Gasteiger partial charge in [0.25, 0.3) is 0 Å². The Balaban J connectivity index is 3.00. The number of hydroxylamine groups is 1. The molecule has 0 aliphatic rings. The molecular formula is C13H20N2O3. The van der Waals surface area contributed by atoms with Crippen LogP contribution in [0.4, 0.5) is 5.69 Å². The standard InChI is InChI=1S/C13H20N2O3/c1-4-16-12-8-7-11(9-13(12)17-5-2)15(10-14)18-6-3/h7-10,14H,4-6H2,1-3H3. The van der Waals surface area contributed by atoms with E-state index in [2.05, 4.69) is 0 Å². The summed E-state index contributed by atoms with van der Waals surface area (Å²) in [6, 6.07) is 5.45. The van der Waals surface area contributed by atoms with Crippen molar-refractivity contribution in [3.8, 4) is 11.5 Å². The lowest BCUT2D eigenvalue weighted by Crippen LogP contribution is -2.21. The maximum atomic E-state index is 7.31. The van der Waals surface area contributed by atoms with Gasteiger partial charge in [-0.1, -0.05) is 0 Å². The normalized spacial score (nSPS) is 9.94. The van der Waals surface area contributed by atoms with Crippen LogP contribution in [0.1, 0.15) is 20.8 Å². The summed E-state index contributed by atoms with van der Waals surface area (Å²) in [5, 5.41) is 8.70. The molecule has 1 aromatic rings. The minimum absolute atomic E-state index is 0.493. The van der Waals surface area contributed by atoms with E-state index >= 15 is 0 Å². The Bertz CT molecular complexity index is 382. The first kappa shape index (κ1) is 14.3. The molecule has 0 heterocycles. The van der Waals surface area contributed by atoms with Gasteiger partial charge >= 0.3 is 0 Å². The van der Waals surface area contributed by atoms with Crippen molar-refractivity contribution in [2.45, 2.75) is 20.8 Å². The third kappa shape index (κ3) is 3.63. The molecule has 0 unspecified atom stereocenters. The lowest BCUT2D eigenvalue weighted by atomic mass is 10.2. The van der Waals surface area contributed by atoms with Gasteiger partial charge in [-0.2, -0.15) is 0 Å². The van der Waals surface area contributed by atoms with E-state index < -0.39 is 0 Å². The fourth-order valence-corrected chi connectivity index (χ4v) is 1.50. The summed E-state index contributed by atoms with van der Waals surface area (Å²) >= 11 is 0. The van der Waals surface area contributed by atoms with Gasteiger partial charge in [0.2, 0.25) is 0 Å². The van der Waals surface area contributed by atoms with E-state index in [9.17, 15) is 0 Å². The summed E-state index contributed by atoms with van der Waals surface area (Å²) in [5.74, 6) is 1.35. The zero-order valence-corrected chi connectivity index (χ0v) is 11.1. The Labute approximate surface area is 108 Å². The van der Waals surface area contributed by atoms with Gasteiger partial charge in [0.1, 0.15) is 6.34 Å². The Morgan fingerprint density at radius 3 is 2.28 bits per heavy atom. The second kappa shape index (κ2) is 7.55. The van der Waals surface area contributed by atoms with E-state index in [-0.39, 0.29) is 0 Å². The molecule has 0 radical (unpaired) electrons. The first-order valence-electron chi connectivity index (χ1n) is 6.09. The van der Waals surface area contributed by atoms with Crippen molar-refractivity contribution in [2.75, 3.05) is 24.9 Å². The van der Waals surface area contributed by atoms with Crippen LogP contribution in [0.3, 0.4) is 0 Å². The predicted octanol–water partition coefficient (Wildman–Crippen LogP) is 2.85. The van der Waals surface area contributed by atoms with Crippen LogP contribution in [0.25, 0.3) is 0 Å². The summed E-state index contributed by atoms with van der Waals surface area (Å²) in [6.45, 7) is 7.34. The third-order valence-corrected chi connectivity index (χ3v) is 2.17. The second-order valence-corrected chi connectivity index (χ2v) is 3.37. The molecule has 0 aliphatic heterocycles. The first-order valence-corrected chi connectivity index (χ1v) is 6.09. The molecule has 18 heavy (non-hydrogen) atoms. The van der Waals surface area contributed by atoms with Crippen molar-refractivity contribution in [3.63, 3.8) is 0 Å². The molecule has 1 aromatic carbocycles. The van der Waals surface area contributed by atoms with Crippen LogP contribution >= 0.6 is 0 Å². The van der Waals surface area contributed by atoms with Gasteiger partial charge in [-0.05, 0) is 32.9 Å². The third-order valence-electron chi connectivity index (χ3n) is 2.17. The van der Waals surface area contributed by atoms with Crippen molar-refractivity contribution in [3.05, 3.63) is 18.2 Å². The van der Waals surface area contributed by atoms with Crippen molar-refractivity contribution < 1.29 is 14.3 Å². The molecule has 5 nitrogen and oxygen atoms in total. The Hall–Kier alpha value is -1.75. The molecule has 0 aliphatic carbocycles. The van der Waals surface area contributed by atoms with Crippen molar-refractivity contribution in [2.24, 2.45) is 0 Å². The van der Waals surface area contributed by atoms with Crippen LogP contribution in [0, 0.1) is 5.41 Å². The molecule has 0 saturated carbocycles. The number of nitrogens with zero attached hydrogens (tertiary/aromatic N) is 1. The number of ether oxygens (including phenoxy) is 2. The van der Waals surface area contributed by atoms with Gasteiger partial charge in [0.15, 0.2) is 11.5 Å². The zero-order chi connectivity index (χ0) is 13.4. The molecular weight excluding hydrogens is 232 g/mol. The summed E-state index contributed by atoms with van der Waals surface area (Å²) in [5.41, 5.74) is 0.735. The molecule has 0 bridgehead atoms. The predicted molar refractivity (Wildman–Crippen MR) is 71.7 cm³/mol. The average molecular weight is 252 g/mol.